The Morgan fingerprint density at radius 1 is 1.03 bits per heavy atom. The number of ether oxygens (including phenoxy) is 5. The summed E-state index contributed by atoms with van der Waals surface area (Å²) >= 11 is 0. The lowest BCUT2D eigenvalue weighted by atomic mass is 9.43. The third kappa shape index (κ3) is 3.04. The number of carbonyl (C=O) groups is 2. The van der Waals surface area contributed by atoms with Crippen molar-refractivity contribution in [3.63, 3.8) is 0 Å². The normalized spacial score (nSPS) is 53.2. The van der Waals surface area contributed by atoms with Crippen LogP contribution >= 0.6 is 0 Å². The van der Waals surface area contributed by atoms with Gasteiger partial charge in [-0.15, -0.1) is 0 Å². The van der Waals surface area contributed by atoms with Gasteiger partial charge in [0.2, 0.25) is 0 Å². The minimum absolute atomic E-state index is 0.00590. The van der Waals surface area contributed by atoms with Crippen molar-refractivity contribution < 1.29 is 38.4 Å². The Morgan fingerprint density at radius 2 is 1.76 bits per heavy atom. The molecule has 1 heterocycles. The van der Waals surface area contributed by atoms with E-state index in [0.717, 1.165) is 32.4 Å². The minimum Gasteiger partial charge on any atom is -0.462 e. The van der Waals surface area contributed by atoms with E-state index >= 15 is 0 Å². The lowest BCUT2D eigenvalue weighted by molar-refractivity contribution is -0.276. The SMILES string of the molecule is CCN1C[C@]2(COC)CC[C@H](OC(C)=O)[C@]34C1[C@H]([C@H](OC)[C@H]23)[C@@]1(O)C[C@H](OC)[C@H]2C[C@@H]4[C@@H]1[C@H]2OC(C)=O. The van der Waals surface area contributed by atoms with Crippen molar-refractivity contribution in [2.75, 3.05) is 41.0 Å². The van der Waals surface area contributed by atoms with Gasteiger partial charge in [0, 0.05) is 88.7 Å². The zero-order valence-electron chi connectivity index (χ0n) is 23.0. The first-order valence-corrected chi connectivity index (χ1v) is 14.0. The van der Waals surface area contributed by atoms with E-state index < -0.39 is 17.1 Å². The Bertz CT molecular complexity index is 960. The number of nitrogens with zero attached hydrogens (tertiary/aromatic N) is 1. The maximum absolute atomic E-state index is 12.9. The minimum atomic E-state index is -1.14. The van der Waals surface area contributed by atoms with Gasteiger partial charge in [0.25, 0.3) is 0 Å². The molecule has 6 fully saturated rings. The highest BCUT2D eigenvalue weighted by atomic mass is 16.6. The van der Waals surface area contributed by atoms with E-state index in [-0.39, 0.29) is 71.3 Å². The van der Waals surface area contributed by atoms with Gasteiger partial charge in [0.15, 0.2) is 0 Å². The van der Waals surface area contributed by atoms with Gasteiger partial charge in [-0.2, -0.15) is 0 Å². The predicted octanol–water partition coefficient (Wildman–Crippen LogP) is 1.64. The van der Waals surface area contributed by atoms with Crippen molar-refractivity contribution in [3.8, 4) is 0 Å². The maximum atomic E-state index is 12.9. The predicted molar refractivity (Wildman–Crippen MR) is 131 cm³/mol. The molecular weight excluding hydrogens is 478 g/mol. The summed E-state index contributed by atoms with van der Waals surface area (Å²) in [7, 11) is 5.21. The molecule has 1 saturated heterocycles. The molecule has 1 aliphatic heterocycles. The fourth-order valence-electron chi connectivity index (χ4n) is 11.3. The van der Waals surface area contributed by atoms with Crippen LogP contribution in [0.1, 0.15) is 46.5 Å². The van der Waals surface area contributed by atoms with E-state index in [4.69, 9.17) is 23.7 Å². The van der Waals surface area contributed by atoms with Crippen LogP contribution in [0.4, 0.5) is 0 Å². The molecule has 208 valence electrons. The molecule has 9 heteroatoms. The van der Waals surface area contributed by atoms with Crippen molar-refractivity contribution in [2.45, 2.75) is 82.5 Å². The molecule has 7 bridgehead atoms. The number of rotatable bonds is 7. The van der Waals surface area contributed by atoms with E-state index in [0.29, 0.717) is 13.0 Å². The molecule has 0 aromatic rings. The number of hydrogen-bond donors (Lipinski definition) is 1. The van der Waals surface area contributed by atoms with E-state index in [1.807, 2.05) is 0 Å². The molecule has 1 spiro atoms. The van der Waals surface area contributed by atoms with E-state index in [1.54, 1.807) is 21.3 Å². The molecule has 9 nitrogen and oxygen atoms in total. The van der Waals surface area contributed by atoms with Crippen LogP contribution in [0.5, 0.6) is 0 Å². The molecule has 0 aromatic heterocycles. The summed E-state index contributed by atoms with van der Waals surface area (Å²) in [4.78, 5) is 27.4. The van der Waals surface area contributed by atoms with Crippen molar-refractivity contribution in [3.05, 3.63) is 0 Å². The number of carbonyl (C=O) groups excluding carboxylic acids is 2. The van der Waals surface area contributed by atoms with Crippen molar-refractivity contribution in [1.82, 2.24) is 4.90 Å². The molecule has 1 N–H and O–H groups in total. The van der Waals surface area contributed by atoms with Gasteiger partial charge in [0.05, 0.1) is 24.4 Å². The zero-order chi connectivity index (χ0) is 26.5. The van der Waals surface area contributed by atoms with E-state index in [1.165, 1.54) is 13.8 Å². The lowest BCUT2D eigenvalue weighted by Gasteiger charge is -2.68. The molecule has 6 rings (SSSR count). The molecule has 37 heavy (non-hydrogen) atoms. The highest BCUT2D eigenvalue weighted by molar-refractivity contribution is 5.67. The van der Waals surface area contributed by atoms with Crippen LogP contribution in [0, 0.1) is 40.4 Å². The molecule has 0 aromatic carbocycles. The fourth-order valence-corrected chi connectivity index (χ4v) is 11.3. The monoisotopic (exact) mass is 521 g/mol. The van der Waals surface area contributed by atoms with Gasteiger partial charge in [-0.05, 0) is 31.7 Å². The topological polar surface area (TPSA) is 104 Å². The summed E-state index contributed by atoms with van der Waals surface area (Å²) in [6.07, 6.45) is 1.69. The van der Waals surface area contributed by atoms with E-state index in [9.17, 15) is 14.7 Å². The zero-order valence-corrected chi connectivity index (χ0v) is 23.0. The number of aliphatic hydroxyl groups is 1. The fraction of sp³-hybridized carbons (Fsp3) is 0.929. The van der Waals surface area contributed by atoms with Crippen LogP contribution in [-0.4, -0.2) is 99.0 Å². The standard InChI is InChI=1S/C28H43NO8/c1-7-29-12-26(13-33-4)9-8-19(36-14(2)30)28-17-10-16-18(34-5)11-27(32,20(17)22(16)37-15(3)31)21(25(28)29)23(35-6)24(26)28/h16-25,32H,7-13H2,1-6H3/t16-,17-,18+,19+,20-,21+,22+,23+,24-,25?,26+,27-,28+/m1/s1. The molecule has 0 radical (unpaired) electrons. The first-order chi connectivity index (χ1) is 17.6. The summed E-state index contributed by atoms with van der Waals surface area (Å²) in [6, 6.07) is -0.0133. The van der Waals surface area contributed by atoms with Gasteiger partial charge in [-0.3, -0.25) is 14.5 Å². The van der Waals surface area contributed by atoms with Crippen LogP contribution in [0.25, 0.3) is 0 Å². The van der Waals surface area contributed by atoms with Gasteiger partial charge < -0.3 is 28.8 Å². The third-order valence-electron chi connectivity index (χ3n) is 11.7. The molecule has 1 unspecified atom stereocenters. The summed E-state index contributed by atoms with van der Waals surface area (Å²) in [5.74, 6) is -1.06. The molecule has 5 saturated carbocycles. The average molecular weight is 522 g/mol. The van der Waals surface area contributed by atoms with Crippen LogP contribution in [0.2, 0.25) is 0 Å². The van der Waals surface area contributed by atoms with Crippen molar-refractivity contribution >= 4 is 11.9 Å². The first-order valence-electron chi connectivity index (χ1n) is 14.0. The second-order valence-corrected chi connectivity index (χ2v) is 12.7. The second-order valence-electron chi connectivity index (χ2n) is 12.7. The van der Waals surface area contributed by atoms with Crippen LogP contribution in [-0.2, 0) is 33.3 Å². The van der Waals surface area contributed by atoms with Gasteiger partial charge in [-0.25, -0.2) is 0 Å². The van der Waals surface area contributed by atoms with E-state index in [2.05, 4.69) is 11.8 Å². The number of esters is 2. The maximum Gasteiger partial charge on any atom is 0.302 e. The summed E-state index contributed by atoms with van der Waals surface area (Å²) in [5.41, 5.74) is -1.75. The molecule has 5 aliphatic carbocycles. The number of piperidine rings is 1. The van der Waals surface area contributed by atoms with Crippen molar-refractivity contribution in [1.29, 1.82) is 0 Å². The van der Waals surface area contributed by atoms with Gasteiger partial charge in [-0.1, -0.05) is 6.92 Å². The molecule has 13 atom stereocenters. The molecular formula is C28H43NO8. The molecule has 0 amide bonds. The van der Waals surface area contributed by atoms with Crippen molar-refractivity contribution in [2.24, 2.45) is 40.4 Å². The average Bonchev–Trinajstić information content (AvgIpc) is 3.27. The Hall–Kier alpha value is -1.26. The van der Waals surface area contributed by atoms with Crippen LogP contribution in [0.3, 0.4) is 0 Å². The Labute approximate surface area is 219 Å². The summed E-state index contributed by atoms with van der Waals surface area (Å²) in [5, 5.41) is 12.9. The Balaban J connectivity index is 1.62. The smallest absolute Gasteiger partial charge is 0.302 e. The first kappa shape index (κ1) is 26.0. The second kappa shape index (κ2) is 8.62. The van der Waals surface area contributed by atoms with Gasteiger partial charge in [0.1, 0.15) is 12.2 Å². The number of fused-ring (bicyclic) bond motifs is 2. The summed E-state index contributed by atoms with van der Waals surface area (Å²) < 4.78 is 30.6. The summed E-state index contributed by atoms with van der Waals surface area (Å²) in [6.45, 7) is 7.40. The van der Waals surface area contributed by atoms with Crippen LogP contribution < -0.4 is 0 Å². The third-order valence-corrected chi connectivity index (χ3v) is 11.7. The number of methoxy groups -OCH3 is 3. The Morgan fingerprint density at radius 3 is 2.35 bits per heavy atom. The molecule has 6 aliphatic rings. The largest absolute Gasteiger partial charge is 0.462 e. The lowest BCUT2D eigenvalue weighted by Crippen LogP contribution is -2.76. The highest BCUT2D eigenvalue weighted by Gasteiger charge is 2.87. The number of hydrogen-bond acceptors (Lipinski definition) is 9. The number of likely N-dealkylation sites (tertiary alicyclic amines) is 1. The Kier molecular flexibility index (Phi) is 6.05. The highest BCUT2D eigenvalue weighted by Crippen LogP contribution is 2.79. The quantitative estimate of drug-likeness (QED) is 0.501. The van der Waals surface area contributed by atoms with Gasteiger partial charge >= 0.3 is 11.9 Å². The van der Waals surface area contributed by atoms with Crippen LogP contribution in [0.15, 0.2) is 0 Å².